The van der Waals surface area contributed by atoms with Gasteiger partial charge in [-0.3, -0.25) is 4.79 Å². The van der Waals surface area contributed by atoms with Crippen LogP contribution in [0.5, 0.6) is 0 Å². The molecule has 0 radical (unpaired) electrons. The normalized spacial score (nSPS) is 12.7. The average molecular weight is 494 g/mol. The van der Waals surface area contributed by atoms with Crippen molar-refractivity contribution in [1.82, 2.24) is 4.57 Å². The van der Waals surface area contributed by atoms with Crippen molar-refractivity contribution >= 4 is 49.2 Å². The first-order chi connectivity index (χ1) is 15.2. The van der Waals surface area contributed by atoms with Gasteiger partial charge in [0.05, 0.1) is 28.1 Å². The minimum atomic E-state index is -3.82. The number of fused-ring (bicyclic) bond motifs is 1. The van der Waals surface area contributed by atoms with Crippen LogP contribution in [0.15, 0.2) is 57.2 Å². The number of amides is 1. The number of hydrogen-bond donors (Lipinski definition) is 1. The highest BCUT2D eigenvalue weighted by atomic mass is 32.2. The van der Waals surface area contributed by atoms with Crippen molar-refractivity contribution < 1.29 is 17.9 Å². The van der Waals surface area contributed by atoms with Gasteiger partial charge >= 0.3 is 0 Å². The van der Waals surface area contributed by atoms with Crippen molar-refractivity contribution in [1.29, 1.82) is 0 Å². The second-order valence-corrected chi connectivity index (χ2v) is 11.6. The van der Waals surface area contributed by atoms with Crippen LogP contribution in [0, 0.1) is 0 Å². The third-order valence-electron chi connectivity index (χ3n) is 4.52. The third-order valence-corrected chi connectivity index (χ3v) is 7.48. The zero-order valence-electron chi connectivity index (χ0n) is 18.3. The van der Waals surface area contributed by atoms with E-state index in [2.05, 4.69) is 18.8 Å². The number of aromatic nitrogens is 1. The first-order valence-electron chi connectivity index (χ1n) is 10.2. The Bertz CT molecular complexity index is 1260. The molecule has 7 nitrogen and oxygen atoms in total. The van der Waals surface area contributed by atoms with E-state index < -0.39 is 10.0 Å². The fraction of sp³-hybridized carbons (Fsp3) is 0.364. The number of nitrogens with two attached hydrogens (primary N) is 1. The molecule has 0 unspecified atom stereocenters. The molecule has 0 aliphatic rings. The van der Waals surface area contributed by atoms with E-state index in [4.69, 9.17) is 9.88 Å². The second kappa shape index (κ2) is 10.8. The predicted octanol–water partition coefficient (Wildman–Crippen LogP) is 3.56. The van der Waals surface area contributed by atoms with Crippen LogP contribution in [0.2, 0.25) is 0 Å². The van der Waals surface area contributed by atoms with Gasteiger partial charge in [-0.25, -0.2) is 13.6 Å². The lowest BCUT2D eigenvalue weighted by atomic mass is 10.1. The summed E-state index contributed by atoms with van der Waals surface area (Å²) in [6.07, 6.45) is 0.189. The molecule has 10 heteroatoms. The Morgan fingerprint density at radius 2 is 1.94 bits per heavy atom. The number of carbonyl (C=O) groups is 1. The molecule has 1 aromatic heterocycles. The van der Waals surface area contributed by atoms with Crippen molar-refractivity contribution in [3.63, 3.8) is 0 Å². The minimum absolute atomic E-state index is 0.0282. The molecule has 1 heterocycles. The number of ether oxygens (including phenoxy) is 1. The van der Waals surface area contributed by atoms with Gasteiger partial charge in [0.1, 0.15) is 0 Å². The van der Waals surface area contributed by atoms with E-state index in [0.717, 1.165) is 16.0 Å². The predicted molar refractivity (Wildman–Crippen MR) is 129 cm³/mol. The standard InChI is InChI=1S/C22H27N3O4S3/c1-4-29-12-11-25-19-10-9-18(32(23,27)28)14-20(19)31-22(25)24-21(26)13-16-5-7-17(8-6-16)30-15(2)3/h5-10,14-15H,4,11-13H2,1-3H3,(H2,23,27,28). The number of rotatable bonds is 9. The summed E-state index contributed by atoms with van der Waals surface area (Å²) >= 11 is 3.03. The quantitative estimate of drug-likeness (QED) is 0.363. The molecule has 2 N–H and O–H groups in total. The van der Waals surface area contributed by atoms with Crippen molar-refractivity contribution in [2.75, 3.05) is 13.2 Å². The number of sulfonamides is 1. The van der Waals surface area contributed by atoms with Gasteiger partial charge in [0.25, 0.3) is 5.91 Å². The van der Waals surface area contributed by atoms with Crippen molar-refractivity contribution in [2.45, 2.75) is 48.8 Å². The van der Waals surface area contributed by atoms with Gasteiger partial charge in [-0.15, -0.1) is 11.8 Å². The van der Waals surface area contributed by atoms with Gasteiger partial charge in [0.2, 0.25) is 10.0 Å². The van der Waals surface area contributed by atoms with E-state index in [9.17, 15) is 13.2 Å². The van der Waals surface area contributed by atoms with Crippen LogP contribution >= 0.6 is 23.1 Å². The van der Waals surface area contributed by atoms with E-state index in [1.807, 2.05) is 35.8 Å². The molecule has 1 amide bonds. The summed E-state index contributed by atoms with van der Waals surface area (Å²) in [6.45, 7) is 7.71. The zero-order chi connectivity index (χ0) is 23.3. The molecule has 0 saturated carbocycles. The highest BCUT2D eigenvalue weighted by Gasteiger charge is 2.13. The summed E-state index contributed by atoms with van der Waals surface area (Å²) in [7, 11) is -3.82. The van der Waals surface area contributed by atoms with E-state index >= 15 is 0 Å². The zero-order valence-corrected chi connectivity index (χ0v) is 20.7. The van der Waals surface area contributed by atoms with Crippen LogP contribution in [0.1, 0.15) is 26.3 Å². The maximum absolute atomic E-state index is 12.7. The summed E-state index contributed by atoms with van der Waals surface area (Å²) < 4.78 is 31.5. The second-order valence-electron chi connectivity index (χ2n) is 7.40. The van der Waals surface area contributed by atoms with Crippen molar-refractivity contribution in [3.05, 3.63) is 52.8 Å². The molecule has 0 spiro atoms. The van der Waals surface area contributed by atoms with Gasteiger partial charge < -0.3 is 9.30 Å². The Morgan fingerprint density at radius 3 is 2.56 bits per heavy atom. The minimum Gasteiger partial charge on any atom is -0.380 e. The topological polar surface area (TPSA) is 104 Å². The fourth-order valence-electron chi connectivity index (χ4n) is 3.11. The largest absolute Gasteiger partial charge is 0.380 e. The molecular formula is C22H27N3O4S3. The SMILES string of the molecule is CCOCCn1c(=NC(=O)Cc2ccc(SC(C)C)cc2)sc2cc(S(N)(=O)=O)ccc21. The van der Waals surface area contributed by atoms with E-state index in [1.165, 1.54) is 23.5 Å². The third kappa shape index (κ3) is 6.52. The van der Waals surface area contributed by atoms with Crippen LogP contribution < -0.4 is 9.94 Å². The number of thioether (sulfide) groups is 1. The molecule has 2 aromatic carbocycles. The van der Waals surface area contributed by atoms with Crippen LogP contribution in [0.3, 0.4) is 0 Å². The lowest BCUT2D eigenvalue weighted by Gasteiger charge is -2.06. The van der Waals surface area contributed by atoms with Crippen molar-refractivity contribution in [2.24, 2.45) is 10.1 Å². The Kier molecular flexibility index (Phi) is 8.29. The highest BCUT2D eigenvalue weighted by molar-refractivity contribution is 7.99. The first-order valence-corrected chi connectivity index (χ1v) is 13.5. The van der Waals surface area contributed by atoms with Gasteiger partial charge in [0, 0.05) is 23.3 Å². The number of carbonyl (C=O) groups excluding carboxylic acids is 1. The number of hydrogen-bond acceptors (Lipinski definition) is 6. The Labute approximate surface area is 196 Å². The molecule has 0 atom stereocenters. The molecule has 0 bridgehead atoms. The van der Waals surface area contributed by atoms with Crippen LogP contribution in [-0.2, 0) is 32.5 Å². The molecule has 3 rings (SSSR count). The maximum Gasteiger partial charge on any atom is 0.252 e. The lowest BCUT2D eigenvalue weighted by molar-refractivity contribution is -0.117. The fourth-order valence-corrected chi connectivity index (χ4v) is 5.68. The smallest absolute Gasteiger partial charge is 0.252 e. The van der Waals surface area contributed by atoms with Gasteiger partial charge in [0.15, 0.2) is 4.80 Å². The average Bonchev–Trinajstić information content (AvgIpc) is 3.05. The summed E-state index contributed by atoms with van der Waals surface area (Å²) in [6, 6.07) is 12.6. The van der Waals surface area contributed by atoms with E-state index in [1.54, 1.807) is 17.8 Å². The molecule has 0 fully saturated rings. The molecule has 32 heavy (non-hydrogen) atoms. The summed E-state index contributed by atoms with van der Waals surface area (Å²) in [5.41, 5.74) is 1.68. The maximum atomic E-state index is 12.7. The molecular weight excluding hydrogens is 466 g/mol. The molecule has 172 valence electrons. The monoisotopic (exact) mass is 493 g/mol. The number of primary sulfonamides is 1. The van der Waals surface area contributed by atoms with Crippen molar-refractivity contribution in [3.8, 4) is 0 Å². The molecule has 0 aliphatic heterocycles. The number of thiazole rings is 1. The Balaban J connectivity index is 1.92. The molecule has 0 saturated heterocycles. The summed E-state index contributed by atoms with van der Waals surface area (Å²) in [5.74, 6) is -0.266. The number of nitrogens with zero attached hydrogens (tertiary/aromatic N) is 2. The Morgan fingerprint density at radius 1 is 1.22 bits per heavy atom. The van der Waals surface area contributed by atoms with Crippen LogP contribution in [0.4, 0.5) is 0 Å². The molecule has 3 aromatic rings. The summed E-state index contributed by atoms with van der Waals surface area (Å²) in [4.78, 5) is 18.7. The van der Waals surface area contributed by atoms with Crippen LogP contribution in [0.25, 0.3) is 10.2 Å². The Hall–Kier alpha value is -1.98. The highest BCUT2D eigenvalue weighted by Crippen LogP contribution is 2.23. The van der Waals surface area contributed by atoms with Gasteiger partial charge in [-0.2, -0.15) is 4.99 Å². The molecule has 0 aliphatic carbocycles. The lowest BCUT2D eigenvalue weighted by Crippen LogP contribution is -2.20. The first kappa shape index (κ1) is 24.7. The van der Waals surface area contributed by atoms with E-state index in [0.29, 0.717) is 34.5 Å². The number of benzene rings is 2. The summed E-state index contributed by atoms with van der Waals surface area (Å²) in [5, 5.41) is 5.76. The van der Waals surface area contributed by atoms with E-state index in [-0.39, 0.29) is 17.2 Å². The van der Waals surface area contributed by atoms with Crippen LogP contribution in [-0.4, -0.2) is 37.4 Å². The van der Waals surface area contributed by atoms with Gasteiger partial charge in [-0.1, -0.05) is 37.3 Å². The van der Waals surface area contributed by atoms with Gasteiger partial charge in [-0.05, 0) is 42.8 Å².